The van der Waals surface area contributed by atoms with Crippen molar-refractivity contribution in [1.29, 1.82) is 0 Å². The Morgan fingerprint density at radius 1 is 1.69 bits per heavy atom. The number of aliphatic hydroxyl groups excluding tert-OH is 1. The third kappa shape index (κ3) is 3.06. The zero-order chi connectivity index (χ0) is 12.3. The molecular formula is C11H19N3O2. The molecule has 5 nitrogen and oxygen atoms in total. The van der Waals surface area contributed by atoms with Crippen molar-refractivity contribution in [2.45, 2.75) is 26.4 Å². The van der Waals surface area contributed by atoms with Gasteiger partial charge >= 0.3 is 0 Å². The standard InChI is InChI=1S/C11H19N3O2/c1-8(15)5-6-13(3)11(16)10-7-14(4)12-9(10)2/h7-8,15H,5-6H2,1-4H3. The molecule has 0 aliphatic carbocycles. The van der Waals surface area contributed by atoms with Gasteiger partial charge in [0.2, 0.25) is 0 Å². The summed E-state index contributed by atoms with van der Waals surface area (Å²) in [5.74, 6) is -0.0498. The van der Waals surface area contributed by atoms with Gasteiger partial charge in [-0.3, -0.25) is 9.48 Å². The lowest BCUT2D eigenvalue weighted by molar-refractivity contribution is 0.0768. The molecule has 1 heterocycles. The lowest BCUT2D eigenvalue weighted by Gasteiger charge is -2.17. The van der Waals surface area contributed by atoms with E-state index in [1.807, 2.05) is 6.92 Å². The van der Waals surface area contributed by atoms with Crippen LogP contribution in [0.15, 0.2) is 6.20 Å². The molecule has 1 N–H and O–H groups in total. The number of hydrogen-bond donors (Lipinski definition) is 1. The van der Waals surface area contributed by atoms with Crippen molar-refractivity contribution in [1.82, 2.24) is 14.7 Å². The monoisotopic (exact) mass is 225 g/mol. The van der Waals surface area contributed by atoms with Crippen molar-refractivity contribution < 1.29 is 9.90 Å². The first-order valence-corrected chi connectivity index (χ1v) is 5.35. The Bertz CT molecular complexity index is 371. The van der Waals surface area contributed by atoms with E-state index >= 15 is 0 Å². The number of aryl methyl sites for hydroxylation is 2. The fourth-order valence-electron chi connectivity index (χ4n) is 1.50. The smallest absolute Gasteiger partial charge is 0.257 e. The van der Waals surface area contributed by atoms with Crippen molar-refractivity contribution >= 4 is 5.91 Å². The third-order valence-corrected chi connectivity index (χ3v) is 2.47. The van der Waals surface area contributed by atoms with Crippen LogP contribution in [0.25, 0.3) is 0 Å². The van der Waals surface area contributed by atoms with E-state index in [4.69, 9.17) is 5.11 Å². The molecule has 16 heavy (non-hydrogen) atoms. The first-order valence-electron chi connectivity index (χ1n) is 5.35. The maximum Gasteiger partial charge on any atom is 0.257 e. The fourth-order valence-corrected chi connectivity index (χ4v) is 1.50. The molecule has 0 bridgehead atoms. The highest BCUT2D eigenvalue weighted by Gasteiger charge is 2.16. The van der Waals surface area contributed by atoms with Crippen LogP contribution in [0.2, 0.25) is 0 Å². The van der Waals surface area contributed by atoms with E-state index in [2.05, 4.69) is 5.10 Å². The quantitative estimate of drug-likeness (QED) is 0.815. The predicted molar refractivity (Wildman–Crippen MR) is 61.2 cm³/mol. The number of carbonyl (C=O) groups is 1. The zero-order valence-corrected chi connectivity index (χ0v) is 10.3. The molecule has 5 heteroatoms. The summed E-state index contributed by atoms with van der Waals surface area (Å²) in [6.07, 6.45) is 1.92. The molecule has 1 atom stereocenters. The maximum atomic E-state index is 12.0. The van der Waals surface area contributed by atoms with E-state index in [9.17, 15) is 4.79 Å². The van der Waals surface area contributed by atoms with Gasteiger partial charge in [-0.05, 0) is 20.3 Å². The highest BCUT2D eigenvalue weighted by molar-refractivity contribution is 5.94. The Kier molecular flexibility index (Phi) is 4.06. The average molecular weight is 225 g/mol. The topological polar surface area (TPSA) is 58.4 Å². The summed E-state index contributed by atoms with van der Waals surface area (Å²) in [6.45, 7) is 4.08. The van der Waals surface area contributed by atoms with E-state index in [1.54, 1.807) is 36.8 Å². The molecule has 0 saturated heterocycles. The zero-order valence-electron chi connectivity index (χ0n) is 10.3. The number of aliphatic hydroxyl groups is 1. The number of carbonyl (C=O) groups excluding carboxylic acids is 1. The second kappa shape index (κ2) is 5.12. The van der Waals surface area contributed by atoms with Gasteiger partial charge < -0.3 is 10.0 Å². The van der Waals surface area contributed by atoms with Gasteiger partial charge in [-0.15, -0.1) is 0 Å². The normalized spacial score (nSPS) is 12.6. The van der Waals surface area contributed by atoms with Gasteiger partial charge in [0.15, 0.2) is 0 Å². The second-order valence-electron chi connectivity index (χ2n) is 4.17. The van der Waals surface area contributed by atoms with E-state index < -0.39 is 0 Å². The minimum Gasteiger partial charge on any atom is -0.393 e. The van der Waals surface area contributed by atoms with Crippen molar-refractivity contribution in [2.24, 2.45) is 7.05 Å². The Labute approximate surface area is 95.7 Å². The summed E-state index contributed by atoms with van der Waals surface area (Å²) < 4.78 is 1.63. The van der Waals surface area contributed by atoms with Crippen LogP contribution in [-0.2, 0) is 7.05 Å². The van der Waals surface area contributed by atoms with Gasteiger partial charge in [0, 0.05) is 26.8 Å². The number of amides is 1. The molecule has 1 aromatic heterocycles. The molecule has 0 spiro atoms. The molecule has 0 aliphatic heterocycles. The second-order valence-corrected chi connectivity index (χ2v) is 4.17. The first kappa shape index (κ1) is 12.7. The Balaban J connectivity index is 2.67. The molecule has 1 amide bonds. The molecule has 0 saturated carbocycles. The van der Waals surface area contributed by atoms with E-state index in [1.165, 1.54) is 0 Å². The fraction of sp³-hybridized carbons (Fsp3) is 0.636. The molecule has 0 fully saturated rings. The average Bonchev–Trinajstić information content (AvgIpc) is 2.53. The van der Waals surface area contributed by atoms with Gasteiger partial charge in [-0.1, -0.05) is 0 Å². The maximum absolute atomic E-state index is 12.0. The summed E-state index contributed by atoms with van der Waals surface area (Å²) in [5.41, 5.74) is 1.35. The summed E-state index contributed by atoms with van der Waals surface area (Å²) in [7, 11) is 3.52. The Morgan fingerprint density at radius 3 is 2.75 bits per heavy atom. The van der Waals surface area contributed by atoms with Crippen LogP contribution in [0, 0.1) is 6.92 Å². The molecular weight excluding hydrogens is 206 g/mol. The highest BCUT2D eigenvalue weighted by atomic mass is 16.3. The van der Waals surface area contributed by atoms with Crippen molar-refractivity contribution in [3.05, 3.63) is 17.5 Å². The minimum atomic E-state index is -0.384. The van der Waals surface area contributed by atoms with Crippen LogP contribution in [0.4, 0.5) is 0 Å². The third-order valence-electron chi connectivity index (χ3n) is 2.47. The van der Waals surface area contributed by atoms with E-state index in [0.29, 0.717) is 18.5 Å². The van der Waals surface area contributed by atoms with E-state index in [-0.39, 0.29) is 12.0 Å². The summed E-state index contributed by atoms with van der Waals surface area (Å²) in [6, 6.07) is 0. The van der Waals surface area contributed by atoms with Gasteiger partial charge in [-0.25, -0.2) is 0 Å². The summed E-state index contributed by atoms with van der Waals surface area (Å²) in [4.78, 5) is 13.6. The molecule has 0 aliphatic rings. The number of nitrogens with zero attached hydrogens (tertiary/aromatic N) is 3. The molecule has 1 unspecified atom stereocenters. The Hall–Kier alpha value is -1.36. The van der Waals surface area contributed by atoms with Crippen LogP contribution in [0.3, 0.4) is 0 Å². The van der Waals surface area contributed by atoms with Crippen LogP contribution >= 0.6 is 0 Å². The van der Waals surface area contributed by atoms with Crippen LogP contribution < -0.4 is 0 Å². The van der Waals surface area contributed by atoms with Gasteiger partial charge in [0.05, 0.1) is 17.4 Å². The van der Waals surface area contributed by atoms with Gasteiger partial charge in [-0.2, -0.15) is 5.10 Å². The van der Waals surface area contributed by atoms with Crippen molar-refractivity contribution in [3.8, 4) is 0 Å². The number of aromatic nitrogens is 2. The van der Waals surface area contributed by atoms with Crippen molar-refractivity contribution in [2.75, 3.05) is 13.6 Å². The van der Waals surface area contributed by atoms with Crippen LogP contribution in [0.5, 0.6) is 0 Å². The number of hydrogen-bond acceptors (Lipinski definition) is 3. The largest absolute Gasteiger partial charge is 0.393 e. The summed E-state index contributed by atoms with van der Waals surface area (Å²) >= 11 is 0. The molecule has 1 aromatic rings. The molecule has 1 rings (SSSR count). The highest BCUT2D eigenvalue weighted by Crippen LogP contribution is 2.08. The first-order chi connectivity index (χ1) is 7.41. The Morgan fingerprint density at radius 2 is 2.31 bits per heavy atom. The molecule has 0 aromatic carbocycles. The van der Waals surface area contributed by atoms with Gasteiger partial charge in [0.1, 0.15) is 0 Å². The predicted octanol–water partition coefficient (Wildman–Crippen LogP) is 0.571. The van der Waals surface area contributed by atoms with Crippen LogP contribution in [-0.4, -0.2) is 45.4 Å². The summed E-state index contributed by atoms with van der Waals surface area (Å²) in [5, 5.41) is 13.3. The van der Waals surface area contributed by atoms with Gasteiger partial charge in [0.25, 0.3) is 5.91 Å². The molecule has 90 valence electrons. The van der Waals surface area contributed by atoms with Crippen molar-refractivity contribution in [3.63, 3.8) is 0 Å². The minimum absolute atomic E-state index is 0.0498. The number of rotatable bonds is 4. The molecule has 0 radical (unpaired) electrons. The SMILES string of the molecule is Cc1nn(C)cc1C(=O)N(C)CCC(C)O. The lowest BCUT2D eigenvalue weighted by atomic mass is 10.2. The van der Waals surface area contributed by atoms with E-state index in [0.717, 1.165) is 5.69 Å². The lowest BCUT2D eigenvalue weighted by Crippen LogP contribution is -2.29. The van der Waals surface area contributed by atoms with Crippen LogP contribution in [0.1, 0.15) is 29.4 Å².